The van der Waals surface area contributed by atoms with Crippen molar-refractivity contribution in [3.05, 3.63) is 0 Å². The van der Waals surface area contributed by atoms with Crippen LogP contribution in [0.15, 0.2) is 0 Å². The average Bonchev–Trinajstić information content (AvgIpc) is 2.58. The van der Waals surface area contributed by atoms with Gasteiger partial charge in [-0.25, -0.2) is 0 Å². The lowest BCUT2D eigenvalue weighted by Crippen LogP contribution is -2.37. The summed E-state index contributed by atoms with van der Waals surface area (Å²) in [5.41, 5.74) is 5.91. The minimum Gasteiger partial charge on any atom is -0.330 e. The van der Waals surface area contributed by atoms with Gasteiger partial charge < -0.3 is 10.6 Å². The number of nitrogens with zero attached hydrogens (tertiary/aromatic N) is 1. The molecule has 0 radical (unpaired) electrons. The van der Waals surface area contributed by atoms with E-state index >= 15 is 0 Å². The highest BCUT2D eigenvalue weighted by atomic mass is 15.1. The predicted octanol–water partition coefficient (Wildman–Crippen LogP) is 2.63. The Morgan fingerprint density at radius 1 is 0.812 bits per heavy atom. The average molecular weight is 224 g/mol. The lowest BCUT2D eigenvalue weighted by Gasteiger charge is -2.34. The largest absolute Gasteiger partial charge is 0.330 e. The highest BCUT2D eigenvalue weighted by molar-refractivity contribution is 4.79. The van der Waals surface area contributed by atoms with Crippen molar-refractivity contribution >= 4 is 0 Å². The maximum Gasteiger partial charge on any atom is 0.00128 e. The van der Waals surface area contributed by atoms with Crippen LogP contribution in [0.2, 0.25) is 0 Å². The van der Waals surface area contributed by atoms with Gasteiger partial charge in [-0.3, -0.25) is 0 Å². The summed E-state index contributed by atoms with van der Waals surface area (Å²) in [6, 6.07) is 0. The first-order valence-electron chi connectivity index (χ1n) is 7.32. The van der Waals surface area contributed by atoms with Crippen molar-refractivity contribution in [1.82, 2.24) is 4.90 Å². The van der Waals surface area contributed by atoms with Gasteiger partial charge in [0.15, 0.2) is 0 Å². The Bertz CT molecular complexity index is 185. The first kappa shape index (κ1) is 12.4. The number of nitrogens with two attached hydrogens (primary N) is 1. The third kappa shape index (κ3) is 3.46. The van der Waals surface area contributed by atoms with Crippen molar-refractivity contribution in [1.29, 1.82) is 0 Å². The van der Waals surface area contributed by atoms with Crippen LogP contribution in [-0.2, 0) is 0 Å². The zero-order chi connectivity index (χ0) is 11.2. The molecule has 2 unspecified atom stereocenters. The molecule has 0 aromatic heterocycles. The van der Waals surface area contributed by atoms with E-state index in [2.05, 4.69) is 4.90 Å². The summed E-state index contributed by atoms with van der Waals surface area (Å²) in [6.07, 6.45) is 11.4. The van der Waals surface area contributed by atoms with Crippen LogP contribution >= 0.6 is 0 Å². The van der Waals surface area contributed by atoms with Gasteiger partial charge in [0.2, 0.25) is 0 Å². The molecular weight excluding hydrogens is 196 g/mol. The standard InChI is InChI=1S/C14H28N2/c15-11-13-7-3-4-8-14(13)12-16-9-5-1-2-6-10-16/h13-14H,1-12,15H2. The first-order chi connectivity index (χ1) is 7.90. The van der Waals surface area contributed by atoms with E-state index in [-0.39, 0.29) is 0 Å². The van der Waals surface area contributed by atoms with E-state index in [1.807, 2.05) is 0 Å². The molecule has 94 valence electrons. The van der Waals surface area contributed by atoms with Crippen molar-refractivity contribution in [2.45, 2.75) is 51.4 Å². The molecule has 1 heterocycles. The Kier molecular flexibility index (Phi) is 5.11. The number of hydrogen-bond acceptors (Lipinski definition) is 2. The van der Waals surface area contributed by atoms with Crippen LogP contribution in [0, 0.1) is 11.8 Å². The lowest BCUT2D eigenvalue weighted by molar-refractivity contribution is 0.157. The van der Waals surface area contributed by atoms with E-state index in [9.17, 15) is 0 Å². The second-order valence-corrected chi connectivity index (χ2v) is 5.76. The number of hydrogen-bond donors (Lipinski definition) is 1. The maximum atomic E-state index is 5.91. The molecule has 2 rings (SSSR count). The Balaban J connectivity index is 1.81. The van der Waals surface area contributed by atoms with Gasteiger partial charge in [0.1, 0.15) is 0 Å². The minimum atomic E-state index is 0.817. The second kappa shape index (κ2) is 6.61. The molecule has 2 atom stereocenters. The van der Waals surface area contributed by atoms with E-state index in [1.54, 1.807) is 0 Å². The van der Waals surface area contributed by atoms with Gasteiger partial charge >= 0.3 is 0 Å². The minimum absolute atomic E-state index is 0.817. The molecule has 0 aromatic carbocycles. The smallest absolute Gasteiger partial charge is 0.00128 e. The van der Waals surface area contributed by atoms with E-state index in [4.69, 9.17) is 5.73 Å². The SMILES string of the molecule is NCC1CCCCC1CN1CCCCCC1. The fourth-order valence-electron chi connectivity index (χ4n) is 3.49. The van der Waals surface area contributed by atoms with Gasteiger partial charge in [-0.1, -0.05) is 25.7 Å². The van der Waals surface area contributed by atoms with Gasteiger partial charge in [0.05, 0.1) is 0 Å². The molecule has 2 nitrogen and oxygen atoms in total. The summed E-state index contributed by atoms with van der Waals surface area (Å²) in [6.45, 7) is 4.93. The highest BCUT2D eigenvalue weighted by Crippen LogP contribution is 2.30. The summed E-state index contributed by atoms with van der Waals surface area (Å²) < 4.78 is 0. The quantitative estimate of drug-likeness (QED) is 0.798. The van der Waals surface area contributed by atoms with Gasteiger partial charge in [0.25, 0.3) is 0 Å². The van der Waals surface area contributed by atoms with Gasteiger partial charge in [-0.15, -0.1) is 0 Å². The third-order valence-corrected chi connectivity index (χ3v) is 4.56. The molecule has 1 saturated carbocycles. The summed E-state index contributed by atoms with van der Waals surface area (Å²) in [5, 5.41) is 0. The van der Waals surface area contributed by atoms with Crippen molar-refractivity contribution in [2.24, 2.45) is 17.6 Å². The van der Waals surface area contributed by atoms with Crippen LogP contribution in [0.3, 0.4) is 0 Å². The molecule has 2 fully saturated rings. The van der Waals surface area contributed by atoms with E-state index in [0.29, 0.717) is 0 Å². The summed E-state index contributed by atoms with van der Waals surface area (Å²) >= 11 is 0. The van der Waals surface area contributed by atoms with Crippen LogP contribution in [0.1, 0.15) is 51.4 Å². The maximum absolute atomic E-state index is 5.91. The molecule has 0 bridgehead atoms. The van der Waals surface area contributed by atoms with E-state index in [0.717, 1.165) is 18.4 Å². The first-order valence-corrected chi connectivity index (χ1v) is 7.32. The number of likely N-dealkylation sites (tertiary alicyclic amines) is 1. The van der Waals surface area contributed by atoms with Gasteiger partial charge in [-0.05, 0) is 57.2 Å². The Hall–Kier alpha value is -0.0800. The van der Waals surface area contributed by atoms with Crippen LogP contribution in [0.5, 0.6) is 0 Å². The molecule has 0 amide bonds. The fourth-order valence-corrected chi connectivity index (χ4v) is 3.49. The highest BCUT2D eigenvalue weighted by Gasteiger charge is 2.25. The zero-order valence-electron chi connectivity index (χ0n) is 10.7. The Morgan fingerprint density at radius 3 is 2.06 bits per heavy atom. The number of rotatable bonds is 3. The van der Waals surface area contributed by atoms with Crippen molar-refractivity contribution in [3.8, 4) is 0 Å². The molecule has 1 aliphatic heterocycles. The van der Waals surface area contributed by atoms with E-state index < -0.39 is 0 Å². The van der Waals surface area contributed by atoms with Gasteiger partial charge in [-0.2, -0.15) is 0 Å². The molecule has 0 spiro atoms. The monoisotopic (exact) mass is 224 g/mol. The lowest BCUT2D eigenvalue weighted by atomic mass is 9.79. The van der Waals surface area contributed by atoms with Crippen molar-refractivity contribution in [3.63, 3.8) is 0 Å². The molecule has 2 aliphatic rings. The van der Waals surface area contributed by atoms with Crippen LogP contribution < -0.4 is 5.73 Å². The molecule has 2 N–H and O–H groups in total. The van der Waals surface area contributed by atoms with Crippen molar-refractivity contribution < 1.29 is 0 Å². The normalized spacial score (nSPS) is 33.6. The molecule has 0 aromatic rings. The second-order valence-electron chi connectivity index (χ2n) is 5.76. The summed E-state index contributed by atoms with van der Waals surface area (Å²) in [4.78, 5) is 2.71. The Morgan fingerprint density at radius 2 is 1.44 bits per heavy atom. The Labute approximate surface area is 101 Å². The van der Waals surface area contributed by atoms with Crippen molar-refractivity contribution in [2.75, 3.05) is 26.2 Å². The summed E-state index contributed by atoms with van der Waals surface area (Å²) in [7, 11) is 0. The summed E-state index contributed by atoms with van der Waals surface area (Å²) in [5.74, 6) is 1.72. The molecule has 2 heteroatoms. The fraction of sp³-hybridized carbons (Fsp3) is 1.00. The molecular formula is C14H28N2. The molecule has 16 heavy (non-hydrogen) atoms. The third-order valence-electron chi connectivity index (χ3n) is 4.56. The molecule has 1 saturated heterocycles. The topological polar surface area (TPSA) is 29.3 Å². The molecule has 1 aliphatic carbocycles. The zero-order valence-corrected chi connectivity index (χ0v) is 10.7. The van der Waals surface area contributed by atoms with E-state index in [1.165, 1.54) is 71.0 Å². The van der Waals surface area contributed by atoms with Crippen LogP contribution in [0.4, 0.5) is 0 Å². The van der Waals surface area contributed by atoms with Crippen LogP contribution in [-0.4, -0.2) is 31.1 Å². The van der Waals surface area contributed by atoms with Gasteiger partial charge in [0, 0.05) is 6.54 Å². The predicted molar refractivity (Wildman–Crippen MR) is 69.4 cm³/mol. The van der Waals surface area contributed by atoms with Crippen LogP contribution in [0.25, 0.3) is 0 Å².